The van der Waals surface area contributed by atoms with Gasteiger partial charge in [-0.25, -0.2) is 0 Å². The van der Waals surface area contributed by atoms with Crippen LogP contribution in [0.25, 0.3) is 11.0 Å². The van der Waals surface area contributed by atoms with Crippen LogP contribution in [0.5, 0.6) is 0 Å². The zero-order chi connectivity index (χ0) is 13.2. The van der Waals surface area contributed by atoms with E-state index in [2.05, 4.69) is 5.32 Å². The first-order valence-corrected chi connectivity index (χ1v) is 6.72. The fourth-order valence-electron chi connectivity index (χ4n) is 2.62. The Balaban J connectivity index is 1.82. The predicted molar refractivity (Wildman–Crippen MR) is 74.2 cm³/mol. The highest BCUT2D eigenvalue weighted by Gasteiger charge is 2.24. The lowest BCUT2D eigenvalue weighted by Gasteiger charge is -2.31. The van der Waals surface area contributed by atoms with Crippen LogP contribution in [0.2, 0.25) is 0 Å². The van der Waals surface area contributed by atoms with Gasteiger partial charge in [-0.2, -0.15) is 0 Å². The predicted octanol–water partition coefficient (Wildman–Crippen LogP) is 2.26. The van der Waals surface area contributed by atoms with Crippen LogP contribution < -0.4 is 5.32 Å². The van der Waals surface area contributed by atoms with Gasteiger partial charge >= 0.3 is 0 Å². The van der Waals surface area contributed by atoms with Crippen molar-refractivity contribution in [2.75, 3.05) is 20.1 Å². The average Bonchev–Trinajstić information content (AvgIpc) is 2.90. The van der Waals surface area contributed by atoms with E-state index >= 15 is 0 Å². The third-order valence-corrected chi connectivity index (χ3v) is 3.81. The van der Waals surface area contributed by atoms with Crippen molar-refractivity contribution < 1.29 is 9.21 Å². The molecule has 4 nitrogen and oxygen atoms in total. The van der Waals surface area contributed by atoms with Crippen molar-refractivity contribution in [2.24, 2.45) is 0 Å². The number of nitrogens with one attached hydrogen (secondary N) is 1. The van der Waals surface area contributed by atoms with Gasteiger partial charge in [-0.3, -0.25) is 4.79 Å². The molecule has 0 saturated carbocycles. The average molecular weight is 258 g/mol. The molecule has 0 unspecified atom stereocenters. The fraction of sp³-hybridized carbons (Fsp3) is 0.400. The summed E-state index contributed by atoms with van der Waals surface area (Å²) in [5.74, 6) is 0.408. The summed E-state index contributed by atoms with van der Waals surface area (Å²) in [7, 11) is 1.87. The molecule has 4 heteroatoms. The molecular formula is C15H18N2O2. The summed E-state index contributed by atoms with van der Waals surface area (Å²) in [5.41, 5.74) is 0.768. The molecule has 1 N–H and O–H groups in total. The van der Waals surface area contributed by atoms with Crippen LogP contribution in [0.3, 0.4) is 0 Å². The summed E-state index contributed by atoms with van der Waals surface area (Å²) < 4.78 is 5.63. The van der Waals surface area contributed by atoms with E-state index in [-0.39, 0.29) is 5.91 Å². The zero-order valence-electron chi connectivity index (χ0n) is 11.1. The standard InChI is InChI=1S/C15H18N2O2/c1-17(12-6-8-16-9-7-12)15(18)14-10-11-4-2-3-5-13(11)19-14/h2-5,10,12,16H,6-9H2,1H3. The molecule has 1 aromatic carbocycles. The Kier molecular flexibility index (Phi) is 3.25. The Bertz CT molecular complexity index is 552. The molecule has 1 amide bonds. The number of carbonyl (C=O) groups excluding carboxylic acids is 1. The maximum Gasteiger partial charge on any atom is 0.289 e. The summed E-state index contributed by atoms with van der Waals surface area (Å²) in [6.07, 6.45) is 2.00. The molecule has 1 saturated heterocycles. The Hall–Kier alpha value is -1.81. The monoisotopic (exact) mass is 258 g/mol. The second kappa shape index (κ2) is 5.05. The normalized spacial score (nSPS) is 16.7. The van der Waals surface area contributed by atoms with Gasteiger partial charge in [0, 0.05) is 18.5 Å². The number of benzene rings is 1. The summed E-state index contributed by atoms with van der Waals surface area (Å²) in [5, 5.41) is 4.28. The van der Waals surface area contributed by atoms with Crippen LogP contribution in [0.1, 0.15) is 23.4 Å². The van der Waals surface area contributed by atoms with Gasteiger partial charge in [-0.15, -0.1) is 0 Å². The molecule has 1 fully saturated rings. The lowest BCUT2D eigenvalue weighted by molar-refractivity contribution is 0.0673. The van der Waals surface area contributed by atoms with Crippen molar-refractivity contribution in [3.8, 4) is 0 Å². The molecule has 2 aromatic rings. The SMILES string of the molecule is CN(C(=O)c1cc2ccccc2o1)C1CCNCC1. The lowest BCUT2D eigenvalue weighted by Crippen LogP contribution is -2.43. The van der Waals surface area contributed by atoms with Crippen molar-refractivity contribution >= 4 is 16.9 Å². The molecule has 19 heavy (non-hydrogen) atoms. The highest BCUT2D eigenvalue weighted by atomic mass is 16.3. The van der Waals surface area contributed by atoms with Crippen molar-refractivity contribution in [1.29, 1.82) is 0 Å². The number of piperidine rings is 1. The van der Waals surface area contributed by atoms with Gasteiger partial charge in [0.2, 0.25) is 0 Å². The summed E-state index contributed by atoms with van der Waals surface area (Å²) >= 11 is 0. The summed E-state index contributed by atoms with van der Waals surface area (Å²) in [6.45, 7) is 1.95. The fourth-order valence-corrected chi connectivity index (χ4v) is 2.62. The molecule has 1 aliphatic heterocycles. The first kappa shape index (κ1) is 12.2. The first-order chi connectivity index (χ1) is 9.25. The molecule has 1 aliphatic rings. The Morgan fingerprint density at radius 2 is 2.05 bits per heavy atom. The topological polar surface area (TPSA) is 45.5 Å². The molecule has 0 bridgehead atoms. The molecule has 3 rings (SSSR count). The third kappa shape index (κ3) is 2.36. The number of carbonyl (C=O) groups is 1. The molecular weight excluding hydrogens is 240 g/mol. The van der Waals surface area contributed by atoms with Crippen LogP contribution in [-0.4, -0.2) is 37.0 Å². The van der Waals surface area contributed by atoms with E-state index in [1.807, 2.05) is 42.3 Å². The molecule has 100 valence electrons. The van der Waals surface area contributed by atoms with Gasteiger partial charge in [0.25, 0.3) is 5.91 Å². The number of rotatable bonds is 2. The van der Waals surface area contributed by atoms with E-state index in [9.17, 15) is 4.79 Å². The van der Waals surface area contributed by atoms with Crippen LogP contribution >= 0.6 is 0 Å². The molecule has 0 radical (unpaired) electrons. The van der Waals surface area contributed by atoms with Crippen molar-refractivity contribution in [2.45, 2.75) is 18.9 Å². The van der Waals surface area contributed by atoms with Gasteiger partial charge in [0.05, 0.1) is 0 Å². The van der Waals surface area contributed by atoms with E-state index in [1.165, 1.54) is 0 Å². The van der Waals surface area contributed by atoms with Gasteiger partial charge in [-0.1, -0.05) is 18.2 Å². The van der Waals surface area contributed by atoms with Crippen LogP contribution in [0.15, 0.2) is 34.7 Å². The number of furan rings is 1. The smallest absolute Gasteiger partial charge is 0.289 e. The van der Waals surface area contributed by atoms with Crippen molar-refractivity contribution in [3.05, 3.63) is 36.1 Å². The minimum absolute atomic E-state index is 0.0249. The number of fused-ring (bicyclic) bond motifs is 1. The Labute approximate surface area is 112 Å². The van der Waals surface area contributed by atoms with Crippen LogP contribution in [-0.2, 0) is 0 Å². The minimum Gasteiger partial charge on any atom is -0.451 e. The van der Waals surface area contributed by atoms with E-state index in [1.54, 1.807) is 0 Å². The van der Waals surface area contributed by atoms with E-state index in [0.29, 0.717) is 11.8 Å². The highest BCUT2D eigenvalue weighted by molar-refractivity contribution is 5.96. The van der Waals surface area contributed by atoms with Crippen molar-refractivity contribution in [1.82, 2.24) is 10.2 Å². The second-order valence-corrected chi connectivity index (χ2v) is 5.05. The Morgan fingerprint density at radius 3 is 2.79 bits per heavy atom. The molecule has 1 aromatic heterocycles. The lowest BCUT2D eigenvalue weighted by atomic mass is 10.1. The van der Waals surface area contributed by atoms with Gasteiger partial charge in [0.15, 0.2) is 5.76 Å². The second-order valence-electron chi connectivity index (χ2n) is 5.05. The molecule has 2 heterocycles. The van der Waals surface area contributed by atoms with Crippen LogP contribution in [0.4, 0.5) is 0 Å². The number of hydrogen-bond acceptors (Lipinski definition) is 3. The number of amides is 1. The van der Waals surface area contributed by atoms with Crippen molar-refractivity contribution in [3.63, 3.8) is 0 Å². The highest BCUT2D eigenvalue weighted by Crippen LogP contribution is 2.21. The maximum atomic E-state index is 12.4. The summed E-state index contributed by atoms with van der Waals surface area (Å²) in [6, 6.07) is 9.84. The largest absolute Gasteiger partial charge is 0.451 e. The van der Waals surface area contributed by atoms with E-state index in [4.69, 9.17) is 4.42 Å². The van der Waals surface area contributed by atoms with E-state index < -0.39 is 0 Å². The third-order valence-electron chi connectivity index (χ3n) is 3.81. The zero-order valence-corrected chi connectivity index (χ0v) is 11.1. The van der Waals surface area contributed by atoms with Gasteiger partial charge < -0.3 is 14.6 Å². The quantitative estimate of drug-likeness (QED) is 0.898. The number of nitrogens with zero attached hydrogens (tertiary/aromatic N) is 1. The minimum atomic E-state index is -0.0249. The number of hydrogen-bond donors (Lipinski definition) is 1. The van der Waals surface area contributed by atoms with Crippen LogP contribution in [0, 0.1) is 0 Å². The Morgan fingerprint density at radius 1 is 1.32 bits per heavy atom. The maximum absolute atomic E-state index is 12.4. The molecule has 0 spiro atoms. The first-order valence-electron chi connectivity index (χ1n) is 6.72. The number of para-hydroxylation sites is 1. The molecule has 0 aliphatic carbocycles. The van der Waals surface area contributed by atoms with Gasteiger partial charge in [-0.05, 0) is 38.1 Å². The summed E-state index contributed by atoms with van der Waals surface area (Å²) in [4.78, 5) is 14.2. The van der Waals surface area contributed by atoms with E-state index in [0.717, 1.165) is 36.9 Å². The molecule has 0 atom stereocenters. The van der Waals surface area contributed by atoms with Gasteiger partial charge in [0.1, 0.15) is 5.58 Å².